The van der Waals surface area contributed by atoms with Crippen molar-refractivity contribution < 1.29 is 4.79 Å². The molecule has 0 bridgehead atoms. The fourth-order valence-corrected chi connectivity index (χ4v) is 2.41. The van der Waals surface area contributed by atoms with Gasteiger partial charge in [-0.05, 0) is 32.5 Å². The van der Waals surface area contributed by atoms with Crippen LogP contribution in [0.2, 0.25) is 0 Å². The number of rotatable bonds is 8. The van der Waals surface area contributed by atoms with Crippen molar-refractivity contribution in [2.75, 3.05) is 25.9 Å². The van der Waals surface area contributed by atoms with E-state index in [-0.39, 0.29) is 5.91 Å². The molecule has 0 radical (unpaired) electrons. The van der Waals surface area contributed by atoms with Gasteiger partial charge in [-0.15, -0.1) is 11.8 Å². The molecular formula is C14H22N2OS. The first-order chi connectivity index (χ1) is 8.72. The van der Waals surface area contributed by atoms with Gasteiger partial charge in [0.15, 0.2) is 0 Å². The molecule has 3 nitrogen and oxygen atoms in total. The minimum Gasteiger partial charge on any atom is -0.355 e. The SMILES string of the molecule is CNCCCNC(=O)CSCc1cccc(C)c1. The van der Waals surface area contributed by atoms with Crippen LogP contribution in [0.3, 0.4) is 0 Å². The highest BCUT2D eigenvalue weighted by molar-refractivity contribution is 7.99. The maximum absolute atomic E-state index is 11.5. The van der Waals surface area contributed by atoms with Crippen molar-refractivity contribution >= 4 is 17.7 Å². The van der Waals surface area contributed by atoms with E-state index in [4.69, 9.17) is 0 Å². The zero-order valence-corrected chi connectivity index (χ0v) is 12.0. The van der Waals surface area contributed by atoms with E-state index in [9.17, 15) is 4.79 Å². The molecule has 0 saturated heterocycles. The molecule has 2 N–H and O–H groups in total. The van der Waals surface area contributed by atoms with Crippen LogP contribution >= 0.6 is 11.8 Å². The monoisotopic (exact) mass is 266 g/mol. The molecule has 4 heteroatoms. The van der Waals surface area contributed by atoms with Crippen LogP contribution in [0, 0.1) is 6.92 Å². The predicted molar refractivity (Wildman–Crippen MR) is 78.9 cm³/mol. The molecule has 0 spiro atoms. The van der Waals surface area contributed by atoms with Crippen LogP contribution in [0.4, 0.5) is 0 Å². The number of carbonyl (C=O) groups is 1. The lowest BCUT2D eigenvalue weighted by Gasteiger charge is -2.05. The van der Waals surface area contributed by atoms with Gasteiger partial charge in [0.2, 0.25) is 5.91 Å². The summed E-state index contributed by atoms with van der Waals surface area (Å²) in [5.74, 6) is 1.56. The Morgan fingerprint density at radius 1 is 1.33 bits per heavy atom. The molecule has 1 rings (SSSR count). The largest absolute Gasteiger partial charge is 0.355 e. The maximum atomic E-state index is 11.5. The molecule has 1 aromatic rings. The first-order valence-electron chi connectivity index (χ1n) is 6.27. The van der Waals surface area contributed by atoms with E-state index in [1.54, 1.807) is 11.8 Å². The Balaban J connectivity index is 2.12. The second kappa shape index (κ2) is 9.00. The Morgan fingerprint density at radius 3 is 2.89 bits per heavy atom. The summed E-state index contributed by atoms with van der Waals surface area (Å²) >= 11 is 1.66. The van der Waals surface area contributed by atoms with Gasteiger partial charge in [0.05, 0.1) is 5.75 Å². The number of amides is 1. The lowest BCUT2D eigenvalue weighted by molar-refractivity contribution is -0.118. The molecule has 18 heavy (non-hydrogen) atoms. The van der Waals surface area contributed by atoms with Crippen LogP contribution in [0.5, 0.6) is 0 Å². The Morgan fingerprint density at radius 2 is 2.17 bits per heavy atom. The van der Waals surface area contributed by atoms with Gasteiger partial charge >= 0.3 is 0 Å². The Bertz CT molecular complexity index is 369. The van der Waals surface area contributed by atoms with Gasteiger partial charge in [-0.1, -0.05) is 29.8 Å². The maximum Gasteiger partial charge on any atom is 0.230 e. The quantitative estimate of drug-likeness (QED) is 0.707. The fourth-order valence-electron chi connectivity index (χ4n) is 1.61. The van der Waals surface area contributed by atoms with Crippen LogP contribution in [-0.4, -0.2) is 31.8 Å². The summed E-state index contributed by atoms with van der Waals surface area (Å²) in [4.78, 5) is 11.5. The highest BCUT2D eigenvalue weighted by Gasteiger charge is 2.01. The average Bonchev–Trinajstić information content (AvgIpc) is 2.35. The number of nitrogens with one attached hydrogen (secondary N) is 2. The van der Waals surface area contributed by atoms with E-state index in [1.165, 1.54) is 11.1 Å². The van der Waals surface area contributed by atoms with Crippen LogP contribution in [-0.2, 0) is 10.5 Å². The van der Waals surface area contributed by atoms with Crippen molar-refractivity contribution in [2.45, 2.75) is 19.1 Å². The summed E-state index contributed by atoms with van der Waals surface area (Å²) in [7, 11) is 1.92. The van der Waals surface area contributed by atoms with Gasteiger partial charge in [0, 0.05) is 12.3 Å². The summed E-state index contributed by atoms with van der Waals surface area (Å²) < 4.78 is 0. The topological polar surface area (TPSA) is 41.1 Å². The van der Waals surface area contributed by atoms with Gasteiger partial charge < -0.3 is 10.6 Å². The first-order valence-corrected chi connectivity index (χ1v) is 7.42. The number of hydrogen-bond donors (Lipinski definition) is 2. The van der Waals surface area contributed by atoms with Gasteiger partial charge in [-0.25, -0.2) is 0 Å². The number of aryl methyl sites for hydroxylation is 1. The second-order valence-corrected chi connectivity index (χ2v) is 5.27. The lowest BCUT2D eigenvalue weighted by Crippen LogP contribution is -2.28. The zero-order valence-electron chi connectivity index (χ0n) is 11.2. The molecule has 0 unspecified atom stereocenters. The van der Waals surface area contributed by atoms with Crippen LogP contribution in [0.25, 0.3) is 0 Å². The second-order valence-electron chi connectivity index (χ2n) is 4.29. The van der Waals surface area contributed by atoms with Crippen LogP contribution < -0.4 is 10.6 Å². The normalized spacial score (nSPS) is 10.3. The smallest absolute Gasteiger partial charge is 0.230 e. The van der Waals surface area contributed by atoms with Crippen molar-refractivity contribution in [3.8, 4) is 0 Å². The van der Waals surface area contributed by atoms with Gasteiger partial charge in [-0.3, -0.25) is 4.79 Å². The van der Waals surface area contributed by atoms with Gasteiger partial charge in [0.1, 0.15) is 0 Å². The third kappa shape index (κ3) is 6.67. The lowest BCUT2D eigenvalue weighted by atomic mass is 10.2. The molecule has 1 aromatic carbocycles. The predicted octanol–water partition coefficient (Wildman–Crippen LogP) is 1.95. The van der Waals surface area contributed by atoms with E-state index < -0.39 is 0 Å². The minimum atomic E-state index is 0.128. The van der Waals surface area contributed by atoms with E-state index in [2.05, 4.69) is 41.8 Å². The summed E-state index contributed by atoms with van der Waals surface area (Å²) in [6, 6.07) is 8.41. The third-order valence-electron chi connectivity index (χ3n) is 2.51. The van der Waals surface area contributed by atoms with Crippen molar-refractivity contribution in [3.63, 3.8) is 0 Å². The summed E-state index contributed by atoms with van der Waals surface area (Å²) in [6.45, 7) is 3.78. The highest BCUT2D eigenvalue weighted by atomic mass is 32.2. The Hall–Kier alpha value is -1.00. The summed E-state index contributed by atoms with van der Waals surface area (Å²) in [6.07, 6.45) is 0.977. The molecule has 0 aliphatic heterocycles. The minimum absolute atomic E-state index is 0.128. The average molecular weight is 266 g/mol. The zero-order chi connectivity index (χ0) is 13.2. The number of benzene rings is 1. The Kier molecular flexibility index (Phi) is 7.53. The fraction of sp³-hybridized carbons (Fsp3) is 0.500. The van der Waals surface area contributed by atoms with Crippen molar-refractivity contribution in [1.29, 1.82) is 0 Å². The molecule has 100 valence electrons. The highest BCUT2D eigenvalue weighted by Crippen LogP contribution is 2.13. The molecule has 0 atom stereocenters. The molecular weight excluding hydrogens is 244 g/mol. The van der Waals surface area contributed by atoms with E-state index in [1.807, 2.05) is 7.05 Å². The molecule has 0 aliphatic carbocycles. The van der Waals surface area contributed by atoms with Crippen molar-refractivity contribution in [1.82, 2.24) is 10.6 Å². The molecule has 0 aromatic heterocycles. The van der Waals surface area contributed by atoms with Crippen LogP contribution in [0.15, 0.2) is 24.3 Å². The number of thioether (sulfide) groups is 1. The molecule has 0 aliphatic rings. The van der Waals surface area contributed by atoms with Gasteiger partial charge in [-0.2, -0.15) is 0 Å². The third-order valence-corrected chi connectivity index (χ3v) is 3.51. The molecule has 1 amide bonds. The first kappa shape index (κ1) is 15.1. The van der Waals surface area contributed by atoms with E-state index >= 15 is 0 Å². The number of hydrogen-bond acceptors (Lipinski definition) is 3. The van der Waals surface area contributed by atoms with Crippen LogP contribution in [0.1, 0.15) is 17.5 Å². The number of carbonyl (C=O) groups excluding carboxylic acids is 1. The van der Waals surface area contributed by atoms with Crippen molar-refractivity contribution in [3.05, 3.63) is 35.4 Å². The summed E-state index contributed by atoms with van der Waals surface area (Å²) in [5.41, 5.74) is 2.55. The standard InChI is InChI=1S/C14H22N2OS/c1-12-5-3-6-13(9-12)10-18-11-14(17)16-8-4-7-15-2/h3,5-6,9,15H,4,7-8,10-11H2,1-2H3,(H,16,17). The van der Waals surface area contributed by atoms with Gasteiger partial charge in [0.25, 0.3) is 0 Å². The van der Waals surface area contributed by atoms with E-state index in [0.717, 1.165) is 25.3 Å². The molecule has 0 fully saturated rings. The Labute approximate surface area is 114 Å². The molecule has 0 heterocycles. The van der Waals surface area contributed by atoms with Crippen molar-refractivity contribution in [2.24, 2.45) is 0 Å². The van der Waals surface area contributed by atoms with E-state index in [0.29, 0.717) is 5.75 Å². The molecule has 0 saturated carbocycles. The summed E-state index contributed by atoms with van der Waals surface area (Å²) in [5, 5.41) is 5.97.